The molecule has 0 spiro atoms. The van der Waals surface area contributed by atoms with Crippen molar-refractivity contribution >= 4 is 11.8 Å². The summed E-state index contributed by atoms with van der Waals surface area (Å²) < 4.78 is 0. The van der Waals surface area contributed by atoms with E-state index in [2.05, 4.69) is 76.0 Å². The minimum absolute atomic E-state index is 0.196. The van der Waals surface area contributed by atoms with E-state index < -0.39 is 0 Å². The second-order valence-electron chi connectivity index (χ2n) is 6.58. The van der Waals surface area contributed by atoms with Crippen LogP contribution in [-0.2, 0) is 0 Å². The maximum absolute atomic E-state index is 3.67. The molecule has 114 valence electrons. The smallest absolute Gasteiger partial charge is 0.00967 e. The second-order valence-corrected chi connectivity index (χ2v) is 7.97. The van der Waals surface area contributed by atoms with Gasteiger partial charge in [-0.25, -0.2) is 0 Å². The van der Waals surface area contributed by atoms with Crippen LogP contribution in [0.5, 0.6) is 0 Å². The van der Waals surface area contributed by atoms with E-state index in [0.717, 1.165) is 6.54 Å². The van der Waals surface area contributed by atoms with E-state index in [1.165, 1.54) is 35.5 Å². The normalized spacial score (nSPS) is 13.4. The number of benzene rings is 1. The largest absolute Gasteiger partial charge is 0.311 e. The molecule has 0 aliphatic heterocycles. The third kappa shape index (κ3) is 7.35. The van der Waals surface area contributed by atoms with Crippen molar-refractivity contribution < 1.29 is 0 Å². The number of thioether (sulfide) groups is 1. The van der Waals surface area contributed by atoms with Gasteiger partial charge in [0.25, 0.3) is 0 Å². The summed E-state index contributed by atoms with van der Waals surface area (Å²) in [4.78, 5) is 0. The van der Waals surface area contributed by atoms with Crippen LogP contribution in [-0.4, -0.2) is 23.6 Å². The first-order valence-electron chi connectivity index (χ1n) is 7.81. The number of nitrogens with one attached hydrogen (secondary N) is 1. The van der Waals surface area contributed by atoms with Gasteiger partial charge >= 0.3 is 0 Å². The van der Waals surface area contributed by atoms with Crippen molar-refractivity contribution in [2.24, 2.45) is 0 Å². The highest BCUT2D eigenvalue weighted by Crippen LogP contribution is 2.23. The van der Waals surface area contributed by atoms with E-state index in [9.17, 15) is 0 Å². The highest BCUT2D eigenvalue weighted by molar-refractivity contribution is 7.99. The Labute approximate surface area is 129 Å². The van der Waals surface area contributed by atoms with Gasteiger partial charge in [0, 0.05) is 12.1 Å². The Morgan fingerprint density at radius 2 is 1.80 bits per heavy atom. The summed E-state index contributed by atoms with van der Waals surface area (Å²) in [7, 11) is 0. The molecule has 0 bridgehead atoms. The van der Waals surface area contributed by atoms with Gasteiger partial charge in [-0.1, -0.05) is 36.8 Å². The monoisotopic (exact) mass is 293 g/mol. The van der Waals surface area contributed by atoms with Gasteiger partial charge in [0.1, 0.15) is 0 Å². The van der Waals surface area contributed by atoms with Gasteiger partial charge < -0.3 is 5.32 Å². The van der Waals surface area contributed by atoms with Crippen molar-refractivity contribution in [3.05, 3.63) is 35.4 Å². The number of hydrogen-bond donors (Lipinski definition) is 1. The molecule has 0 saturated heterocycles. The highest BCUT2D eigenvalue weighted by Gasteiger charge is 2.15. The third-order valence-corrected chi connectivity index (χ3v) is 4.46. The Morgan fingerprint density at radius 1 is 1.15 bits per heavy atom. The predicted octanol–water partition coefficient (Wildman–Crippen LogP) is 5.00. The average Bonchev–Trinajstić information content (AvgIpc) is 2.38. The van der Waals surface area contributed by atoms with E-state index in [1.807, 2.05) is 0 Å². The van der Waals surface area contributed by atoms with Crippen molar-refractivity contribution in [1.29, 1.82) is 0 Å². The van der Waals surface area contributed by atoms with Gasteiger partial charge in [0.15, 0.2) is 0 Å². The summed E-state index contributed by atoms with van der Waals surface area (Å²) in [6.07, 6.45) is 2.59. The van der Waals surface area contributed by atoms with Crippen LogP contribution in [0.25, 0.3) is 0 Å². The van der Waals surface area contributed by atoms with Crippen molar-refractivity contribution in [1.82, 2.24) is 5.32 Å². The second kappa shape index (κ2) is 8.74. The lowest BCUT2D eigenvalue weighted by molar-refractivity contribution is 0.398. The fraction of sp³-hybridized carbons (Fsp3) is 0.667. The lowest BCUT2D eigenvalue weighted by Crippen LogP contribution is -2.38. The summed E-state index contributed by atoms with van der Waals surface area (Å²) in [6.45, 7) is 12.2. The topological polar surface area (TPSA) is 12.0 Å². The molecule has 0 heterocycles. The predicted molar refractivity (Wildman–Crippen MR) is 93.9 cm³/mol. The first-order valence-corrected chi connectivity index (χ1v) is 8.97. The van der Waals surface area contributed by atoms with Gasteiger partial charge in [0.05, 0.1) is 0 Å². The van der Waals surface area contributed by atoms with Crippen LogP contribution < -0.4 is 5.32 Å². The Balaban J connectivity index is 2.60. The van der Waals surface area contributed by atoms with Crippen LogP contribution in [0.2, 0.25) is 0 Å². The molecule has 1 rings (SSSR count). The SMILES string of the molecule is CCSCCCC(CNC(C)(C)C)c1ccc(C)cc1. The standard InChI is InChI=1S/C18H31NS/c1-6-20-13-7-8-17(14-19-18(3,4)5)16-11-9-15(2)10-12-16/h9-12,17,19H,6-8,13-14H2,1-5H3. The molecule has 2 heteroatoms. The van der Waals surface area contributed by atoms with Crippen LogP contribution in [0.4, 0.5) is 0 Å². The molecule has 1 atom stereocenters. The number of hydrogen-bond acceptors (Lipinski definition) is 2. The van der Waals surface area contributed by atoms with Gasteiger partial charge in [-0.05, 0) is 63.5 Å². The van der Waals surface area contributed by atoms with Crippen molar-refractivity contribution in [3.8, 4) is 0 Å². The molecule has 0 radical (unpaired) electrons. The van der Waals surface area contributed by atoms with Crippen LogP contribution in [0, 0.1) is 6.92 Å². The van der Waals surface area contributed by atoms with Crippen molar-refractivity contribution in [3.63, 3.8) is 0 Å². The van der Waals surface area contributed by atoms with Crippen LogP contribution in [0.15, 0.2) is 24.3 Å². The van der Waals surface area contributed by atoms with Gasteiger partial charge in [-0.2, -0.15) is 11.8 Å². The van der Waals surface area contributed by atoms with Crippen LogP contribution >= 0.6 is 11.8 Å². The molecule has 1 aromatic carbocycles. The zero-order valence-electron chi connectivity index (χ0n) is 13.8. The van der Waals surface area contributed by atoms with E-state index in [4.69, 9.17) is 0 Å². The molecule has 0 saturated carbocycles. The fourth-order valence-corrected chi connectivity index (χ4v) is 2.89. The number of rotatable bonds is 8. The molecule has 20 heavy (non-hydrogen) atoms. The molecule has 0 amide bonds. The minimum Gasteiger partial charge on any atom is -0.311 e. The lowest BCUT2D eigenvalue weighted by atomic mass is 9.93. The minimum atomic E-state index is 0.196. The summed E-state index contributed by atoms with van der Waals surface area (Å²) in [5.74, 6) is 3.15. The van der Waals surface area contributed by atoms with Gasteiger partial charge in [-0.15, -0.1) is 0 Å². The van der Waals surface area contributed by atoms with Gasteiger partial charge in [0.2, 0.25) is 0 Å². The average molecular weight is 294 g/mol. The van der Waals surface area contributed by atoms with Gasteiger partial charge in [-0.3, -0.25) is 0 Å². The Morgan fingerprint density at radius 3 is 2.35 bits per heavy atom. The molecule has 1 aromatic rings. The zero-order chi connectivity index (χ0) is 15.0. The van der Waals surface area contributed by atoms with Crippen molar-refractivity contribution in [2.45, 2.75) is 58.9 Å². The molecule has 1 N–H and O–H groups in total. The van der Waals surface area contributed by atoms with E-state index >= 15 is 0 Å². The van der Waals surface area contributed by atoms with E-state index in [1.54, 1.807) is 0 Å². The third-order valence-electron chi connectivity index (χ3n) is 3.47. The highest BCUT2D eigenvalue weighted by atomic mass is 32.2. The van der Waals surface area contributed by atoms with Crippen LogP contribution in [0.3, 0.4) is 0 Å². The zero-order valence-corrected chi connectivity index (χ0v) is 14.6. The summed E-state index contributed by atoms with van der Waals surface area (Å²) in [5, 5.41) is 3.67. The lowest BCUT2D eigenvalue weighted by Gasteiger charge is -2.26. The molecule has 0 fully saturated rings. The van der Waals surface area contributed by atoms with Crippen molar-refractivity contribution in [2.75, 3.05) is 18.1 Å². The molecule has 1 nitrogen and oxygen atoms in total. The molecular formula is C18H31NS. The first kappa shape index (κ1) is 17.6. The number of aryl methyl sites for hydroxylation is 1. The maximum atomic E-state index is 3.67. The Kier molecular flexibility index (Phi) is 7.68. The molecule has 0 aliphatic carbocycles. The molecule has 0 aromatic heterocycles. The summed E-state index contributed by atoms with van der Waals surface area (Å²) in [6, 6.07) is 9.08. The first-order chi connectivity index (χ1) is 9.42. The summed E-state index contributed by atoms with van der Waals surface area (Å²) in [5.41, 5.74) is 3.02. The Hall–Kier alpha value is -0.470. The summed E-state index contributed by atoms with van der Waals surface area (Å²) >= 11 is 2.05. The quantitative estimate of drug-likeness (QED) is 0.677. The fourth-order valence-electron chi connectivity index (χ4n) is 2.23. The molecular weight excluding hydrogens is 262 g/mol. The van der Waals surface area contributed by atoms with E-state index in [0.29, 0.717) is 5.92 Å². The Bertz CT molecular complexity index is 364. The molecule has 0 aliphatic rings. The van der Waals surface area contributed by atoms with Crippen LogP contribution in [0.1, 0.15) is 57.6 Å². The molecule has 1 unspecified atom stereocenters. The van der Waals surface area contributed by atoms with E-state index in [-0.39, 0.29) is 5.54 Å². The maximum Gasteiger partial charge on any atom is 0.00967 e.